The van der Waals surface area contributed by atoms with Gasteiger partial charge in [-0.05, 0) is 61.7 Å². The SMILES string of the molecule is CC(C)N1CC2CC1CN2Cc1cc(-c2ccccc2Cl)c2c(c1)N(c1c(Cl)cc(C=O)cc1Cl)C(=O)NC2. The first kappa shape index (κ1) is 26.6. The summed E-state index contributed by atoms with van der Waals surface area (Å²) in [6, 6.07) is 16.4. The third-order valence-corrected chi connectivity index (χ3v) is 9.06. The fraction of sp³-hybridized carbons (Fsp3) is 0.333. The first-order chi connectivity index (χ1) is 18.7. The highest BCUT2D eigenvalue weighted by atomic mass is 35.5. The lowest BCUT2D eigenvalue weighted by molar-refractivity contribution is 0.0999. The van der Waals surface area contributed by atoms with Crippen LogP contribution in [-0.4, -0.2) is 53.3 Å². The topological polar surface area (TPSA) is 55.9 Å². The van der Waals surface area contributed by atoms with Gasteiger partial charge in [-0.25, -0.2) is 4.79 Å². The maximum atomic E-state index is 13.4. The number of likely N-dealkylation sites (tertiary alicyclic amines) is 2. The van der Waals surface area contributed by atoms with Gasteiger partial charge in [0.25, 0.3) is 0 Å². The van der Waals surface area contributed by atoms with Crippen molar-refractivity contribution in [3.05, 3.63) is 80.3 Å². The van der Waals surface area contributed by atoms with E-state index in [1.165, 1.54) is 23.5 Å². The van der Waals surface area contributed by atoms with Crippen LogP contribution in [0.5, 0.6) is 0 Å². The third kappa shape index (κ3) is 4.72. The Labute approximate surface area is 243 Å². The van der Waals surface area contributed by atoms with Crippen LogP contribution in [0.4, 0.5) is 16.2 Å². The Morgan fingerprint density at radius 1 is 0.974 bits per heavy atom. The lowest BCUT2D eigenvalue weighted by Gasteiger charge is -2.37. The number of fused-ring (bicyclic) bond motifs is 3. The van der Waals surface area contributed by atoms with Crippen LogP contribution >= 0.6 is 34.8 Å². The van der Waals surface area contributed by atoms with E-state index < -0.39 is 0 Å². The first-order valence-electron chi connectivity index (χ1n) is 13.2. The number of hydrogen-bond acceptors (Lipinski definition) is 4. The molecule has 0 saturated carbocycles. The van der Waals surface area contributed by atoms with Crippen LogP contribution in [0.3, 0.4) is 0 Å². The number of carbonyl (C=O) groups is 2. The van der Waals surface area contributed by atoms with Gasteiger partial charge in [-0.2, -0.15) is 0 Å². The largest absolute Gasteiger partial charge is 0.333 e. The molecule has 0 radical (unpaired) electrons. The zero-order valence-electron chi connectivity index (χ0n) is 21.8. The molecule has 2 atom stereocenters. The van der Waals surface area contributed by atoms with Crippen molar-refractivity contribution in [1.82, 2.24) is 15.1 Å². The van der Waals surface area contributed by atoms with Crippen molar-refractivity contribution >= 4 is 58.5 Å². The standard InChI is InChI=1S/C30H29Cl3N4O2/c1-17(2)36-15-20-11-21(36)14-35(20)13-18-7-23(22-5-3-4-6-25(22)31)24-12-34-30(39)37(28(24)10-18)29-26(32)8-19(16-38)9-27(29)33/h3-10,16-17,20-21H,11-15H2,1-2H3,(H,34,39). The summed E-state index contributed by atoms with van der Waals surface area (Å²) in [6.07, 6.45) is 1.87. The molecule has 0 aliphatic carbocycles. The van der Waals surface area contributed by atoms with Crippen molar-refractivity contribution in [3.8, 4) is 11.1 Å². The normalized spacial score (nSPS) is 21.0. The highest BCUT2D eigenvalue weighted by Crippen LogP contribution is 2.45. The van der Waals surface area contributed by atoms with Crippen molar-refractivity contribution in [2.24, 2.45) is 0 Å². The van der Waals surface area contributed by atoms with Crippen LogP contribution in [0.15, 0.2) is 48.5 Å². The zero-order chi connectivity index (χ0) is 27.4. The predicted octanol–water partition coefficient (Wildman–Crippen LogP) is 7.15. The molecule has 0 aromatic heterocycles. The van der Waals surface area contributed by atoms with E-state index in [0.717, 1.165) is 41.9 Å². The van der Waals surface area contributed by atoms with E-state index in [2.05, 4.69) is 41.1 Å². The Bertz CT molecular complexity index is 1450. The number of rotatable bonds is 6. The summed E-state index contributed by atoms with van der Waals surface area (Å²) < 4.78 is 0. The molecule has 2 bridgehead atoms. The van der Waals surface area contributed by atoms with Gasteiger partial charge in [-0.15, -0.1) is 0 Å². The molecule has 6 nitrogen and oxygen atoms in total. The number of hydrogen-bond donors (Lipinski definition) is 1. The smallest absolute Gasteiger partial charge is 0.326 e. The summed E-state index contributed by atoms with van der Waals surface area (Å²) in [5.41, 5.74) is 5.27. The Hall–Kier alpha value is -2.61. The van der Waals surface area contributed by atoms with E-state index in [1.54, 1.807) is 0 Å². The summed E-state index contributed by atoms with van der Waals surface area (Å²) >= 11 is 19.9. The molecule has 2 amide bonds. The molecule has 2 unspecified atom stereocenters. The van der Waals surface area contributed by atoms with Gasteiger partial charge in [-0.1, -0.05) is 53.0 Å². The summed E-state index contributed by atoms with van der Waals surface area (Å²) in [7, 11) is 0. The maximum absolute atomic E-state index is 13.4. The van der Waals surface area contributed by atoms with Crippen LogP contribution in [0.2, 0.25) is 15.1 Å². The molecule has 3 aliphatic rings. The monoisotopic (exact) mass is 582 g/mol. The van der Waals surface area contributed by atoms with E-state index in [1.807, 2.05) is 24.3 Å². The molecule has 6 rings (SSSR count). The number of carbonyl (C=O) groups excluding carboxylic acids is 2. The van der Waals surface area contributed by atoms with Gasteiger partial charge in [0, 0.05) is 66.0 Å². The minimum absolute atomic E-state index is 0.225. The van der Waals surface area contributed by atoms with Gasteiger partial charge in [0.05, 0.1) is 21.4 Å². The summed E-state index contributed by atoms with van der Waals surface area (Å²) in [6.45, 7) is 7.73. The van der Waals surface area contributed by atoms with E-state index in [9.17, 15) is 9.59 Å². The van der Waals surface area contributed by atoms with Gasteiger partial charge in [-0.3, -0.25) is 19.5 Å². The number of benzene rings is 3. The molecule has 39 heavy (non-hydrogen) atoms. The summed E-state index contributed by atoms with van der Waals surface area (Å²) in [4.78, 5) is 31.4. The molecule has 2 saturated heterocycles. The Morgan fingerprint density at radius 2 is 1.72 bits per heavy atom. The number of nitrogens with one attached hydrogen (secondary N) is 1. The second kappa shape index (κ2) is 10.4. The zero-order valence-corrected chi connectivity index (χ0v) is 24.0. The minimum Gasteiger partial charge on any atom is -0.333 e. The van der Waals surface area contributed by atoms with Gasteiger partial charge in [0.15, 0.2) is 0 Å². The Kier molecular flexibility index (Phi) is 7.11. The summed E-state index contributed by atoms with van der Waals surface area (Å²) in [5, 5.41) is 4.06. The van der Waals surface area contributed by atoms with Gasteiger partial charge in [0.1, 0.15) is 6.29 Å². The van der Waals surface area contributed by atoms with Crippen molar-refractivity contribution in [1.29, 1.82) is 0 Å². The molecule has 3 heterocycles. The summed E-state index contributed by atoms with van der Waals surface area (Å²) in [5.74, 6) is 0. The Morgan fingerprint density at radius 3 is 2.36 bits per heavy atom. The average molecular weight is 584 g/mol. The second-order valence-electron chi connectivity index (χ2n) is 10.8. The van der Waals surface area contributed by atoms with E-state index >= 15 is 0 Å². The fourth-order valence-electron chi connectivity index (χ4n) is 6.39. The van der Waals surface area contributed by atoms with Crippen LogP contribution in [-0.2, 0) is 13.1 Å². The Balaban J connectivity index is 1.47. The molecule has 202 valence electrons. The second-order valence-corrected chi connectivity index (χ2v) is 12.1. The molecule has 3 aromatic rings. The lowest BCUT2D eigenvalue weighted by Crippen LogP contribution is -2.48. The number of anilines is 2. The van der Waals surface area contributed by atoms with Gasteiger partial charge < -0.3 is 5.32 Å². The van der Waals surface area contributed by atoms with Gasteiger partial charge >= 0.3 is 6.03 Å². The highest BCUT2D eigenvalue weighted by molar-refractivity contribution is 6.41. The van der Waals surface area contributed by atoms with Crippen molar-refractivity contribution in [2.45, 2.75) is 51.5 Å². The van der Waals surface area contributed by atoms with Crippen LogP contribution in [0, 0.1) is 0 Å². The van der Waals surface area contributed by atoms with E-state index in [-0.39, 0.29) is 16.1 Å². The first-order valence-corrected chi connectivity index (χ1v) is 14.3. The number of aldehydes is 1. The maximum Gasteiger partial charge on any atom is 0.326 e. The number of piperazine rings is 1. The van der Waals surface area contributed by atoms with Crippen molar-refractivity contribution in [2.75, 3.05) is 18.0 Å². The minimum atomic E-state index is -0.333. The van der Waals surface area contributed by atoms with E-state index in [4.69, 9.17) is 34.8 Å². The lowest BCUT2D eigenvalue weighted by atomic mass is 9.93. The quantitative estimate of drug-likeness (QED) is 0.313. The molecular formula is C30H29Cl3N4O2. The average Bonchev–Trinajstić information content (AvgIpc) is 3.50. The molecule has 0 spiro atoms. The van der Waals surface area contributed by atoms with Crippen LogP contribution in [0.1, 0.15) is 41.8 Å². The fourth-order valence-corrected chi connectivity index (χ4v) is 7.30. The molecule has 3 aromatic carbocycles. The number of halogens is 3. The molecule has 9 heteroatoms. The van der Waals surface area contributed by atoms with E-state index in [0.29, 0.717) is 52.9 Å². The van der Waals surface area contributed by atoms with Crippen LogP contribution in [0.25, 0.3) is 11.1 Å². The number of urea groups is 1. The number of nitrogens with zero attached hydrogens (tertiary/aromatic N) is 3. The molecule has 1 N–H and O–H groups in total. The predicted molar refractivity (Wildman–Crippen MR) is 158 cm³/mol. The molecule has 2 fully saturated rings. The number of amides is 2. The third-order valence-electron chi connectivity index (χ3n) is 8.15. The van der Waals surface area contributed by atoms with Gasteiger partial charge in [0.2, 0.25) is 0 Å². The molecular weight excluding hydrogens is 555 g/mol. The molecule has 3 aliphatic heterocycles. The highest BCUT2D eigenvalue weighted by Gasteiger charge is 2.44. The van der Waals surface area contributed by atoms with Crippen LogP contribution < -0.4 is 10.2 Å². The van der Waals surface area contributed by atoms with Crippen molar-refractivity contribution in [3.63, 3.8) is 0 Å². The van der Waals surface area contributed by atoms with Crippen molar-refractivity contribution < 1.29 is 9.59 Å².